The van der Waals surface area contributed by atoms with Gasteiger partial charge in [0.2, 0.25) is 5.91 Å². The Morgan fingerprint density at radius 2 is 2.11 bits per heavy atom. The van der Waals surface area contributed by atoms with Crippen molar-refractivity contribution >= 4 is 5.91 Å². The summed E-state index contributed by atoms with van der Waals surface area (Å²) in [6.07, 6.45) is 3.37. The third-order valence-electron chi connectivity index (χ3n) is 3.76. The van der Waals surface area contributed by atoms with Gasteiger partial charge >= 0.3 is 0 Å². The number of nitrogens with one attached hydrogen (secondary N) is 1. The highest BCUT2D eigenvalue weighted by Crippen LogP contribution is 2.12. The standard InChI is InChI=1S/C13H28N4O/c1-3-12(5-6-14)17-8-4-7-16(9-10-17)11-13(18)15-2/h12H,3-11,14H2,1-2H3,(H,15,18). The highest BCUT2D eigenvalue weighted by Gasteiger charge is 2.21. The van der Waals surface area contributed by atoms with E-state index >= 15 is 0 Å². The molecule has 0 aliphatic carbocycles. The van der Waals surface area contributed by atoms with E-state index in [1.807, 2.05) is 0 Å². The monoisotopic (exact) mass is 256 g/mol. The summed E-state index contributed by atoms with van der Waals surface area (Å²) in [5, 5.41) is 2.69. The van der Waals surface area contributed by atoms with E-state index in [-0.39, 0.29) is 5.91 Å². The zero-order chi connectivity index (χ0) is 13.4. The van der Waals surface area contributed by atoms with Gasteiger partial charge in [0.15, 0.2) is 0 Å². The van der Waals surface area contributed by atoms with Crippen molar-refractivity contribution in [1.29, 1.82) is 0 Å². The third kappa shape index (κ3) is 4.92. The van der Waals surface area contributed by atoms with Gasteiger partial charge < -0.3 is 11.1 Å². The van der Waals surface area contributed by atoms with Gasteiger partial charge in [0.1, 0.15) is 0 Å². The molecule has 18 heavy (non-hydrogen) atoms. The summed E-state index contributed by atoms with van der Waals surface area (Å²) in [7, 11) is 1.70. The molecule has 1 fully saturated rings. The minimum atomic E-state index is 0.109. The molecule has 0 spiro atoms. The van der Waals surface area contributed by atoms with Crippen LogP contribution in [0.5, 0.6) is 0 Å². The molecule has 3 N–H and O–H groups in total. The van der Waals surface area contributed by atoms with Crippen molar-refractivity contribution in [2.75, 3.05) is 46.3 Å². The molecule has 1 unspecified atom stereocenters. The van der Waals surface area contributed by atoms with Crippen molar-refractivity contribution in [2.45, 2.75) is 32.2 Å². The van der Waals surface area contributed by atoms with Gasteiger partial charge in [-0.25, -0.2) is 0 Å². The largest absolute Gasteiger partial charge is 0.358 e. The normalized spacial score (nSPS) is 20.4. The predicted molar refractivity (Wildman–Crippen MR) is 74.4 cm³/mol. The summed E-state index contributed by atoms with van der Waals surface area (Å²) in [5.74, 6) is 0.109. The number of amides is 1. The first-order valence-electron chi connectivity index (χ1n) is 7.08. The fraction of sp³-hybridized carbons (Fsp3) is 0.923. The van der Waals surface area contributed by atoms with Crippen LogP contribution in [-0.4, -0.2) is 68.1 Å². The van der Waals surface area contributed by atoms with Crippen LogP contribution in [-0.2, 0) is 4.79 Å². The fourth-order valence-electron chi connectivity index (χ4n) is 2.63. The average Bonchev–Trinajstić information content (AvgIpc) is 2.61. The molecular formula is C13H28N4O. The first kappa shape index (κ1) is 15.4. The summed E-state index contributed by atoms with van der Waals surface area (Å²) in [6.45, 7) is 7.69. The summed E-state index contributed by atoms with van der Waals surface area (Å²) < 4.78 is 0. The van der Waals surface area contributed by atoms with Crippen LogP contribution in [0.25, 0.3) is 0 Å². The van der Waals surface area contributed by atoms with Gasteiger partial charge in [-0.2, -0.15) is 0 Å². The lowest BCUT2D eigenvalue weighted by Gasteiger charge is -2.29. The molecule has 1 aliphatic heterocycles. The van der Waals surface area contributed by atoms with Crippen LogP contribution in [0.15, 0.2) is 0 Å². The number of likely N-dealkylation sites (N-methyl/N-ethyl adjacent to an activating group) is 1. The van der Waals surface area contributed by atoms with Gasteiger partial charge in [-0.3, -0.25) is 14.6 Å². The number of nitrogens with zero attached hydrogens (tertiary/aromatic N) is 2. The highest BCUT2D eigenvalue weighted by atomic mass is 16.1. The lowest BCUT2D eigenvalue weighted by Crippen LogP contribution is -2.41. The predicted octanol–water partition coefficient (Wildman–Crippen LogP) is -0.132. The zero-order valence-electron chi connectivity index (χ0n) is 11.8. The van der Waals surface area contributed by atoms with Crippen molar-refractivity contribution in [3.63, 3.8) is 0 Å². The SMILES string of the molecule is CCC(CCN)N1CCCN(CC(=O)NC)CC1. The third-order valence-corrected chi connectivity index (χ3v) is 3.76. The van der Waals surface area contributed by atoms with E-state index in [2.05, 4.69) is 22.0 Å². The molecular weight excluding hydrogens is 228 g/mol. The van der Waals surface area contributed by atoms with Crippen molar-refractivity contribution in [2.24, 2.45) is 5.73 Å². The van der Waals surface area contributed by atoms with Gasteiger partial charge in [-0.15, -0.1) is 0 Å². The Morgan fingerprint density at radius 1 is 1.33 bits per heavy atom. The number of hydrogen-bond acceptors (Lipinski definition) is 4. The second-order valence-electron chi connectivity index (χ2n) is 4.98. The van der Waals surface area contributed by atoms with Crippen LogP contribution in [0, 0.1) is 0 Å². The second kappa shape index (κ2) is 8.45. The van der Waals surface area contributed by atoms with Gasteiger partial charge in [-0.1, -0.05) is 6.92 Å². The van der Waals surface area contributed by atoms with Gasteiger partial charge in [-0.05, 0) is 38.9 Å². The maximum absolute atomic E-state index is 11.4. The maximum atomic E-state index is 11.4. The minimum absolute atomic E-state index is 0.109. The average molecular weight is 256 g/mol. The molecule has 1 amide bonds. The Bertz CT molecular complexity index is 247. The molecule has 1 heterocycles. The van der Waals surface area contributed by atoms with Crippen LogP contribution in [0.1, 0.15) is 26.2 Å². The molecule has 1 aliphatic rings. The van der Waals surface area contributed by atoms with Crippen LogP contribution in [0.4, 0.5) is 0 Å². The van der Waals surface area contributed by atoms with Gasteiger partial charge in [0.05, 0.1) is 6.54 Å². The molecule has 0 saturated carbocycles. The van der Waals surface area contributed by atoms with Crippen molar-refractivity contribution in [3.8, 4) is 0 Å². The molecule has 1 rings (SSSR count). The van der Waals surface area contributed by atoms with Crippen LogP contribution in [0.3, 0.4) is 0 Å². The van der Waals surface area contributed by atoms with Crippen molar-refractivity contribution in [3.05, 3.63) is 0 Å². The number of carbonyl (C=O) groups is 1. The van der Waals surface area contributed by atoms with E-state index in [1.54, 1.807) is 7.05 Å². The van der Waals surface area contributed by atoms with E-state index in [9.17, 15) is 4.79 Å². The number of carbonyl (C=O) groups excluding carboxylic acids is 1. The summed E-state index contributed by atoms with van der Waals surface area (Å²) in [6, 6.07) is 0.606. The lowest BCUT2D eigenvalue weighted by molar-refractivity contribution is -0.121. The molecule has 0 radical (unpaired) electrons. The van der Waals surface area contributed by atoms with Crippen molar-refractivity contribution < 1.29 is 4.79 Å². The van der Waals surface area contributed by atoms with Crippen LogP contribution < -0.4 is 11.1 Å². The van der Waals surface area contributed by atoms with Crippen LogP contribution >= 0.6 is 0 Å². The maximum Gasteiger partial charge on any atom is 0.233 e. The molecule has 1 saturated heterocycles. The summed E-state index contributed by atoms with van der Waals surface area (Å²) >= 11 is 0. The van der Waals surface area contributed by atoms with E-state index in [0.29, 0.717) is 12.6 Å². The Hall–Kier alpha value is -0.650. The molecule has 0 bridgehead atoms. The van der Waals surface area contributed by atoms with Gasteiger partial charge in [0, 0.05) is 26.2 Å². The number of nitrogens with two attached hydrogens (primary N) is 1. The molecule has 5 heteroatoms. The van der Waals surface area contributed by atoms with E-state index in [0.717, 1.165) is 52.0 Å². The number of rotatable bonds is 6. The topological polar surface area (TPSA) is 61.6 Å². The molecule has 1 atom stereocenters. The molecule has 0 aromatic carbocycles. The molecule has 0 aromatic heterocycles. The smallest absolute Gasteiger partial charge is 0.233 e. The Labute approximate surface area is 111 Å². The Balaban J connectivity index is 2.42. The van der Waals surface area contributed by atoms with E-state index in [4.69, 9.17) is 5.73 Å². The number of hydrogen-bond donors (Lipinski definition) is 2. The fourth-order valence-corrected chi connectivity index (χ4v) is 2.63. The summed E-state index contributed by atoms with van der Waals surface area (Å²) in [5.41, 5.74) is 5.67. The van der Waals surface area contributed by atoms with E-state index in [1.165, 1.54) is 0 Å². The first-order chi connectivity index (χ1) is 8.71. The quantitative estimate of drug-likeness (QED) is 0.695. The summed E-state index contributed by atoms with van der Waals surface area (Å²) in [4.78, 5) is 16.2. The van der Waals surface area contributed by atoms with Crippen LogP contribution in [0.2, 0.25) is 0 Å². The van der Waals surface area contributed by atoms with Crippen molar-refractivity contribution in [1.82, 2.24) is 15.1 Å². The Kier molecular flexibility index (Phi) is 7.23. The molecule has 5 nitrogen and oxygen atoms in total. The van der Waals surface area contributed by atoms with Gasteiger partial charge in [0.25, 0.3) is 0 Å². The molecule has 106 valence electrons. The lowest BCUT2D eigenvalue weighted by atomic mass is 10.1. The highest BCUT2D eigenvalue weighted by molar-refractivity contribution is 5.77. The molecule has 0 aromatic rings. The second-order valence-corrected chi connectivity index (χ2v) is 4.98. The minimum Gasteiger partial charge on any atom is -0.358 e. The Morgan fingerprint density at radius 3 is 2.72 bits per heavy atom. The first-order valence-corrected chi connectivity index (χ1v) is 7.08. The van der Waals surface area contributed by atoms with E-state index < -0.39 is 0 Å². The zero-order valence-corrected chi connectivity index (χ0v) is 11.8.